The van der Waals surface area contributed by atoms with Crippen LogP contribution in [0.3, 0.4) is 0 Å². The Morgan fingerprint density at radius 1 is 1.39 bits per heavy atom. The summed E-state index contributed by atoms with van der Waals surface area (Å²) >= 11 is 0. The lowest BCUT2D eigenvalue weighted by Crippen LogP contribution is -2.43. The van der Waals surface area contributed by atoms with E-state index in [9.17, 15) is 4.79 Å². The molecule has 1 heterocycles. The maximum absolute atomic E-state index is 11.0. The van der Waals surface area contributed by atoms with Gasteiger partial charge < -0.3 is 15.0 Å². The number of nitrogens with zero attached hydrogens (tertiary/aromatic N) is 1. The second-order valence-electron chi connectivity index (χ2n) is 4.19. The van der Waals surface area contributed by atoms with Gasteiger partial charge in [0.1, 0.15) is 0 Å². The molecule has 96 valence electrons. The van der Waals surface area contributed by atoms with Crippen LogP contribution in [0.4, 0.5) is 5.69 Å². The molecule has 1 aliphatic heterocycles. The molecule has 1 aliphatic rings. The summed E-state index contributed by atoms with van der Waals surface area (Å²) in [6.07, 6.45) is 3.22. The van der Waals surface area contributed by atoms with Crippen molar-refractivity contribution >= 4 is 17.7 Å². The van der Waals surface area contributed by atoms with Gasteiger partial charge in [0, 0.05) is 37.9 Å². The quantitative estimate of drug-likeness (QED) is 0.644. The number of anilines is 1. The van der Waals surface area contributed by atoms with Crippen molar-refractivity contribution in [2.75, 3.05) is 38.2 Å². The first-order chi connectivity index (χ1) is 8.79. The minimum atomic E-state index is -0.331. The predicted molar refractivity (Wildman–Crippen MR) is 72.6 cm³/mol. The molecule has 4 heteroatoms. The highest BCUT2D eigenvalue weighted by Crippen LogP contribution is 2.17. The molecule has 0 atom stereocenters. The summed E-state index contributed by atoms with van der Waals surface area (Å²) in [5.41, 5.74) is 2.21. The minimum Gasteiger partial charge on any atom is -0.466 e. The van der Waals surface area contributed by atoms with Gasteiger partial charge in [0.05, 0.1) is 7.11 Å². The lowest BCUT2D eigenvalue weighted by Gasteiger charge is -2.29. The summed E-state index contributed by atoms with van der Waals surface area (Å²) in [5.74, 6) is -0.331. The summed E-state index contributed by atoms with van der Waals surface area (Å²) in [7, 11) is 1.38. The molecule has 1 aromatic carbocycles. The van der Waals surface area contributed by atoms with Crippen LogP contribution in [-0.2, 0) is 9.53 Å². The molecule has 1 aromatic rings. The third kappa shape index (κ3) is 3.34. The van der Waals surface area contributed by atoms with E-state index in [0.29, 0.717) is 0 Å². The van der Waals surface area contributed by atoms with Gasteiger partial charge in [0.2, 0.25) is 0 Å². The molecule has 0 spiro atoms. The SMILES string of the molecule is COC(=O)C=Cc1cccc(N2CCNCC2)c1. The highest BCUT2D eigenvalue weighted by molar-refractivity contribution is 5.87. The Kier molecular flexibility index (Phi) is 4.36. The molecule has 2 rings (SSSR count). The van der Waals surface area contributed by atoms with Crippen LogP contribution < -0.4 is 10.2 Å². The largest absolute Gasteiger partial charge is 0.466 e. The van der Waals surface area contributed by atoms with E-state index in [1.54, 1.807) is 6.08 Å². The van der Waals surface area contributed by atoms with E-state index >= 15 is 0 Å². The zero-order valence-electron chi connectivity index (χ0n) is 10.6. The van der Waals surface area contributed by atoms with Crippen molar-refractivity contribution < 1.29 is 9.53 Å². The van der Waals surface area contributed by atoms with E-state index in [1.165, 1.54) is 18.9 Å². The fourth-order valence-electron chi connectivity index (χ4n) is 1.98. The van der Waals surface area contributed by atoms with Crippen LogP contribution in [0.25, 0.3) is 6.08 Å². The van der Waals surface area contributed by atoms with Gasteiger partial charge >= 0.3 is 5.97 Å². The van der Waals surface area contributed by atoms with Crippen LogP contribution in [0.2, 0.25) is 0 Å². The van der Waals surface area contributed by atoms with Crippen molar-refractivity contribution in [2.24, 2.45) is 0 Å². The van der Waals surface area contributed by atoms with E-state index < -0.39 is 0 Å². The topological polar surface area (TPSA) is 41.6 Å². The van der Waals surface area contributed by atoms with Gasteiger partial charge in [0.25, 0.3) is 0 Å². The highest BCUT2D eigenvalue weighted by atomic mass is 16.5. The Hall–Kier alpha value is -1.81. The first-order valence-electron chi connectivity index (χ1n) is 6.11. The van der Waals surface area contributed by atoms with Crippen LogP contribution in [-0.4, -0.2) is 39.3 Å². The summed E-state index contributed by atoms with van der Waals surface area (Å²) in [4.78, 5) is 13.4. The first-order valence-corrected chi connectivity index (χ1v) is 6.11. The van der Waals surface area contributed by atoms with Gasteiger partial charge in [0.15, 0.2) is 0 Å². The summed E-state index contributed by atoms with van der Waals surface area (Å²) < 4.78 is 4.57. The maximum Gasteiger partial charge on any atom is 0.330 e. The van der Waals surface area contributed by atoms with Gasteiger partial charge in [-0.05, 0) is 23.8 Å². The van der Waals surface area contributed by atoms with E-state index in [4.69, 9.17) is 0 Å². The Balaban J connectivity index is 2.09. The molecule has 4 nitrogen and oxygen atoms in total. The second kappa shape index (κ2) is 6.21. The van der Waals surface area contributed by atoms with E-state index in [2.05, 4.69) is 27.1 Å². The normalized spacial score (nSPS) is 15.9. The number of piperazine rings is 1. The number of carbonyl (C=O) groups is 1. The van der Waals surface area contributed by atoms with Gasteiger partial charge in [-0.3, -0.25) is 0 Å². The molecule has 0 aliphatic carbocycles. The molecule has 1 saturated heterocycles. The molecular weight excluding hydrogens is 228 g/mol. The van der Waals surface area contributed by atoms with Crippen LogP contribution >= 0.6 is 0 Å². The first kappa shape index (κ1) is 12.6. The van der Waals surface area contributed by atoms with Crippen molar-refractivity contribution in [1.82, 2.24) is 5.32 Å². The Bertz CT molecular complexity index is 437. The van der Waals surface area contributed by atoms with Crippen molar-refractivity contribution in [2.45, 2.75) is 0 Å². The third-order valence-corrected chi connectivity index (χ3v) is 2.97. The van der Waals surface area contributed by atoms with Crippen LogP contribution in [0, 0.1) is 0 Å². The predicted octanol–water partition coefficient (Wildman–Crippen LogP) is 1.28. The van der Waals surface area contributed by atoms with Gasteiger partial charge in [-0.1, -0.05) is 12.1 Å². The molecule has 0 saturated carbocycles. The molecule has 1 fully saturated rings. The molecule has 18 heavy (non-hydrogen) atoms. The Morgan fingerprint density at radius 2 is 2.17 bits per heavy atom. The molecule has 0 unspecified atom stereocenters. The number of nitrogens with one attached hydrogen (secondary N) is 1. The molecule has 0 amide bonds. The van der Waals surface area contributed by atoms with E-state index in [0.717, 1.165) is 31.7 Å². The van der Waals surface area contributed by atoms with E-state index in [-0.39, 0.29) is 5.97 Å². The number of esters is 1. The zero-order chi connectivity index (χ0) is 12.8. The zero-order valence-corrected chi connectivity index (χ0v) is 10.6. The number of benzene rings is 1. The molecule has 0 bridgehead atoms. The van der Waals surface area contributed by atoms with Crippen LogP contribution in [0.15, 0.2) is 30.3 Å². The second-order valence-corrected chi connectivity index (χ2v) is 4.19. The smallest absolute Gasteiger partial charge is 0.330 e. The van der Waals surface area contributed by atoms with E-state index in [1.807, 2.05) is 12.1 Å². The van der Waals surface area contributed by atoms with Gasteiger partial charge in [-0.15, -0.1) is 0 Å². The monoisotopic (exact) mass is 246 g/mol. The Morgan fingerprint density at radius 3 is 2.89 bits per heavy atom. The average molecular weight is 246 g/mol. The van der Waals surface area contributed by atoms with Crippen molar-refractivity contribution in [3.05, 3.63) is 35.9 Å². The van der Waals surface area contributed by atoms with Gasteiger partial charge in [-0.2, -0.15) is 0 Å². The fourth-order valence-corrected chi connectivity index (χ4v) is 1.98. The lowest BCUT2D eigenvalue weighted by molar-refractivity contribution is -0.134. The number of rotatable bonds is 3. The maximum atomic E-state index is 11.0. The van der Waals surface area contributed by atoms with Crippen LogP contribution in [0.1, 0.15) is 5.56 Å². The summed E-state index contributed by atoms with van der Waals surface area (Å²) in [5, 5.41) is 3.33. The molecule has 0 aromatic heterocycles. The minimum absolute atomic E-state index is 0.331. The number of hydrogen-bond donors (Lipinski definition) is 1. The van der Waals surface area contributed by atoms with Crippen molar-refractivity contribution in [1.29, 1.82) is 0 Å². The summed E-state index contributed by atoms with van der Waals surface area (Å²) in [6, 6.07) is 8.17. The lowest BCUT2D eigenvalue weighted by atomic mass is 10.1. The van der Waals surface area contributed by atoms with Crippen molar-refractivity contribution in [3.8, 4) is 0 Å². The highest BCUT2D eigenvalue weighted by Gasteiger charge is 2.09. The molecular formula is C14H18N2O2. The number of ether oxygens (including phenoxy) is 1. The molecule has 1 N–H and O–H groups in total. The van der Waals surface area contributed by atoms with Crippen LogP contribution in [0.5, 0.6) is 0 Å². The fraction of sp³-hybridized carbons (Fsp3) is 0.357. The summed E-state index contributed by atoms with van der Waals surface area (Å²) in [6.45, 7) is 4.07. The number of hydrogen-bond acceptors (Lipinski definition) is 4. The number of methoxy groups -OCH3 is 1. The molecule has 0 radical (unpaired) electrons. The van der Waals surface area contributed by atoms with Crippen molar-refractivity contribution in [3.63, 3.8) is 0 Å². The third-order valence-electron chi connectivity index (χ3n) is 2.97. The van der Waals surface area contributed by atoms with Gasteiger partial charge in [-0.25, -0.2) is 4.79 Å². The number of carbonyl (C=O) groups excluding carboxylic acids is 1. The Labute approximate surface area is 107 Å². The standard InChI is InChI=1S/C14H18N2O2/c1-18-14(17)6-5-12-3-2-4-13(11-12)16-9-7-15-8-10-16/h2-6,11,15H,7-10H2,1H3. The average Bonchev–Trinajstić information content (AvgIpc) is 2.46.